The van der Waals surface area contributed by atoms with Gasteiger partial charge in [0.15, 0.2) is 6.10 Å². The summed E-state index contributed by atoms with van der Waals surface area (Å²) in [6.07, 6.45) is -5.82. The minimum atomic E-state index is -4.41. The van der Waals surface area contributed by atoms with Crippen molar-refractivity contribution in [2.45, 2.75) is 25.6 Å². The van der Waals surface area contributed by atoms with Gasteiger partial charge < -0.3 is 9.84 Å². The number of alkyl halides is 3. The number of hydrogen-bond acceptors (Lipinski definition) is 4. The Bertz CT molecular complexity index is 685. The fraction of sp³-hybridized carbons (Fsp3) is 0.333. The van der Waals surface area contributed by atoms with E-state index in [0.29, 0.717) is 16.6 Å². The summed E-state index contributed by atoms with van der Waals surface area (Å²) in [5, 5.41) is 10.00. The van der Waals surface area contributed by atoms with Gasteiger partial charge in [0.05, 0.1) is 17.7 Å². The zero-order valence-corrected chi connectivity index (χ0v) is 11.7. The molecule has 0 fully saturated rings. The van der Waals surface area contributed by atoms with Crippen molar-refractivity contribution in [1.82, 2.24) is 4.98 Å². The van der Waals surface area contributed by atoms with Crippen molar-refractivity contribution in [3.05, 3.63) is 41.6 Å². The van der Waals surface area contributed by atoms with Crippen molar-refractivity contribution >= 4 is 16.9 Å². The fourth-order valence-electron chi connectivity index (χ4n) is 1.98. The maximum atomic E-state index is 12.6. The number of halogens is 3. The second-order valence-corrected chi connectivity index (χ2v) is 4.68. The van der Waals surface area contributed by atoms with Crippen molar-refractivity contribution in [1.29, 1.82) is 0 Å². The molecule has 118 valence electrons. The minimum Gasteiger partial charge on any atom is -0.464 e. The number of aliphatic hydroxyl groups is 1. The molecule has 1 aromatic carbocycles. The van der Waals surface area contributed by atoms with Gasteiger partial charge in [0, 0.05) is 17.5 Å². The first-order valence-electron chi connectivity index (χ1n) is 6.63. The van der Waals surface area contributed by atoms with Crippen LogP contribution in [0.5, 0.6) is 0 Å². The average molecular weight is 313 g/mol. The van der Waals surface area contributed by atoms with Crippen molar-refractivity contribution in [3.8, 4) is 0 Å². The second kappa shape index (κ2) is 6.31. The number of aromatic nitrogens is 1. The van der Waals surface area contributed by atoms with Crippen LogP contribution < -0.4 is 0 Å². The Hall–Kier alpha value is -2.15. The van der Waals surface area contributed by atoms with Gasteiger partial charge in [0.25, 0.3) is 0 Å². The SMILES string of the molecule is CCOC(=O)C(O)Cc1ccc2cc(C(F)(F)F)ccc2n1. The van der Waals surface area contributed by atoms with E-state index in [1.54, 1.807) is 6.92 Å². The molecule has 0 saturated carbocycles. The molecule has 0 saturated heterocycles. The summed E-state index contributed by atoms with van der Waals surface area (Å²) in [5.41, 5.74) is 0.00970. The predicted molar refractivity (Wildman–Crippen MR) is 73.1 cm³/mol. The molecular formula is C15H14F3NO3. The van der Waals surface area contributed by atoms with Gasteiger partial charge >= 0.3 is 12.1 Å². The van der Waals surface area contributed by atoms with Crippen molar-refractivity contribution < 1.29 is 27.8 Å². The van der Waals surface area contributed by atoms with Gasteiger partial charge in [-0.05, 0) is 31.2 Å². The number of fused-ring (bicyclic) bond motifs is 1. The number of benzene rings is 1. The largest absolute Gasteiger partial charge is 0.464 e. The van der Waals surface area contributed by atoms with Gasteiger partial charge in [-0.2, -0.15) is 13.2 Å². The third-order valence-electron chi connectivity index (χ3n) is 3.04. The van der Waals surface area contributed by atoms with E-state index in [-0.39, 0.29) is 13.0 Å². The van der Waals surface area contributed by atoms with E-state index in [9.17, 15) is 23.1 Å². The van der Waals surface area contributed by atoms with E-state index < -0.39 is 23.8 Å². The maximum Gasteiger partial charge on any atom is 0.416 e. The monoisotopic (exact) mass is 313 g/mol. The molecule has 1 unspecified atom stereocenters. The van der Waals surface area contributed by atoms with Crippen LogP contribution in [-0.2, 0) is 22.1 Å². The highest BCUT2D eigenvalue weighted by Crippen LogP contribution is 2.31. The lowest BCUT2D eigenvalue weighted by Crippen LogP contribution is -2.25. The summed E-state index contributed by atoms with van der Waals surface area (Å²) in [7, 11) is 0. The third-order valence-corrected chi connectivity index (χ3v) is 3.04. The van der Waals surface area contributed by atoms with Gasteiger partial charge in [-0.15, -0.1) is 0 Å². The van der Waals surface area contributed by atoms with Crippen LogP contribution in [0.25, 0.3) is 10.9 Å². The molecule has 22 heavy (non-hydrogen) atoms. The quantitative estimate of drug-likeness (QED) is 0.882. The van der Waals surface area contributed by atoms with Gasteiger partial charge in [0.2, 0.25) is 0 Å². The van der Waals surface area contributed by atoms with Gasteiger partial charge in [-0.3, -0.25) is 4.98 Å². The van der Waals surface area contributed by atoms with Crippen LogP contribution in [0.3, 0.4) is 0 Å². The second-order valence-electron chi connectivity index (χ2n) is 4.68. The molecule has 1 N–H and O–H groups in total. The summed E-state index contributed by atoms with van der Waals surface area (Å²) in [6, 6.07) is 6.17. The van der Waals surface area contributed by atoms with E-state index in [0.717, 1.165) is 12.1 Å². The molecule has 1 atom stereocenters. The van der Waals surface area contributed by atoms with Crippen LogP contribution in [0.2, 0.25) is 0 Å². The number of hydrogen-bond donors (Lipinski definition) is 1. The highest BCUT2D eigenvalue weighted by atomic mass is 19.4. The average Bonchev–Trinajstić information content (AvgIpc) is 2.45. The van der Waals surface area contributed by atoms with Gasteiger partial charge in [-0.25, -0.2) is 4.79 Å². The van der Waals surface area contributed by atoms with Crippen LogP contribution in [0.4, 0.5) is 13.2 Å². The smallest absolute Gasteiger partial charge is 0.416 e. The van der Waals surface area contributed by atoms with Crippen LogP contribution in [0.1, 0.15) is 18.2 Å². The molecule has 0 aliphatic heterocycles. The molecule has 0 radical (unpaired) electrons. The first-order chi connectivity index (χ1) is 10.3. The highest BCUT2D eigenvalue weighted by molar-refractivity contribution is 5.80. The number of nitrogens with zero attached hydrogens (tertiary/aromatic N) is 1. The molecule has 0 bridgehead atoms. The molecule has 7 heteroatoms. The number of carbonyl (C=O) groups is 1. The molecule has 1 heterocycles. The Morgan fingerprint density at radius 1 is 1.32 bits per heavy atom. The number of carbonyl (C=O) groups excluding carboxylic acids is 1. The standard InChI is InChI=1S/C15H14F3NO3/c1-2-22-14(21)13(20)8-11-5-3-9-7-10(15(16,17)18)4-6-12(9)19-11/h3-7,13,20H,2,8H2,1H3. The number of rotatable bonds is 4. The van der Waals surface area contributed by atoms with Crippen LogP contribution in [-0.4, -0.2) is 28.8 Å². The Labute approximate surface area is 124 Å². The number of ether oxygens (including phenoxy) is 1. The Kier molecular flexibility index (Phi) is 4.65. The summed E-state index contributed by atoms with van der Waals surface area (Å²) in [5.74, 6) is -0.753. The van der Waals surface area contributed by atoms with E-state index in [1.807, 2.05) is 0 Å². The molecule has 2 rings (SSSR count). The summed E-state index contributed by atoms with van der Waals surface area (Å²) in [4.78, 5) is 15.5. The minimum absolute atomic E-state index is 0.0597. The molecule has 0 aliphatic rings. The summed E-state index contributed by atoms with van der Waals surface area (Å²) >= 11 is 0. The van der Waals surface area contributed by atoms with Crippen molar-refractivity contribution in [2.24, 2.45) is 0 Å². The van der Waals surface area contributed by atoms with Gasteiger partial charge in [-0.1, -0.05) is 6.07 Å². The molecular weight excluding hydrogens is 299 g/mol. The third kappa shape index (κ3) is 3.73. The lowest BCUT2D eigenvalue weighted by Gasteiger charge is -2.10. The molecule has 2 aromatic rings. The predicted octanol–water partition coefficient (Wildman–Crippen LogP) is 2.72. The van der Waals surface area contributed by atoms with E-state index >= 15 is 0 Å². The molecule has 0 spiro atoms. The van der Waals surface area contributed by atoms with Crippen molar-refractivity contribution in [3.63, 3.8) is 0 Å². The Balaban J connectivity index is 2.23. The molecule has 1 aromatic heterocycles. The van der Waals surface area contributed by atoms with Gasteiger partial charge in [0.1, 0.15) is 0 Å². The van der Waals surface area contributed by atoms with Crippen molar-refractivity contribution in [2.75, 3.05) is 6.61 Å². The molecule has 0 aliphatic carbocycles. The summed E-state index contributed by atoms with van der Waals surface area (Å²) in [6.45, 7) is 1.78. The van der Waals surface area contributed by atoms with E-state index in [2.05, 4.69) is 9.72 Å². The first-order valence-corrected chi connectivity index (χ1v) is 6.63. The summed E-state index contributed by atoms with van der Waals surface area (Å²) < 4.78 is 42.5. The highest BCUT2D eigenvalue weighted by Gasteiger charge is 2.30. The number of esters is 1. The molecule has 0 amide bonds. The molecule has 4 nitrogen and oxygen atoms in total. The lowest BCUT2D eigenvalue weighted by molar-refractivity contribution is -0.152. The normalized spacial score (nSPS) is 13.1. The maximum absolute atomic E-state index is 12.6. The number of aliphatic hydroxyl groups excluding tert-OH is 1. The number of pyridine rings is 1. The van der Waals surface area contributed by atoms with Crippen LogP contribution in [0, 0.1) is 0 Å². The van der Waals surface area contributed by atoms with Crippen LogP contribution in [0.15, 0.2) is 30.3 Å². The zero-order chi connectivity index (χ0) is 16.3. The van der Waals surface area contributed by atoms with E-state index in [1.165, 1.54) is 18.2 Å². The fourth-order valence-corrected chi connectivity index (χ4v) is 1.98. The lowest BCUT2D eigenvalue weighted by atomic mass is 10.1. The Morgan fingerprint density at radius 2 is 2.05 bits per heavy atom. The van der Waals surface area contributed by atoms with E-state index in [4.69, 9.17) is 0 Å². The first kappa shape index (κ1) is 16.2. The van der Waals surface area contributed by atoms with Crippen LogP contribution >= 0.6 is 0 Å². The Morgan fingerprint density at radius 3 is 2.68 bits per heavy atom. The zero-order valence-electron chi connectivity index (χ0n) is 11.7. The topological polar surface area (TPSA) is 59.4 Å².